The van der Waals surface area contributed by atoms with E-state index in [-0.39, 0.29) is 10.7 Å². The molecular formula is C11H10ClN3O2. The summed E-state index contributed by atoms with van der Waals surface area (Å²) in [6, 6.07) is 4.87. The summed E-state index contributed by atoms with van der Waals surface area (Å²) in [6.45, 7) is 0.735. The van der Waals surface area contributed by atoms with Crippen molar-refractivity contribution in [1.82, 2.24) is 9.55 Å². The topological polar surface area (TPSA) is 61.0 Å². The maximum absolute atomic E-state index is 10.7. The second-order valence-electron chi connectivity index (χ2n) is 3.59. The van der Waals surface area contributed by atoms with Crippen LogP contribution in [0.1, 0.15) is 5.56 Å². The third-order valence-electron chi connectivity index (χ3n) is 2.43. The molecule has 0 aliphatic heterocycles. The standard InChI is InChI=1S/C11H10ClN3O2/c12-10-2-1-9(7-11(10)15(16)17)3-5-14-6-4-13-8-14/h1-2,4,6-8H,3,5H2. The molecule has 2 aromatic rings. The summed E-state index contributed by atoms with van der Waals surface area (Å²) in [5, 5.41) is 10.9. The first-order valence-electron chi connectivity index (χ1n) is 5.05. The van der Waals surface area contributed by atoms with Crippen molar-refractivity contribution in [1.29, 1.82) is 0 Å². The van der Waals surface area contributed by atoms with Gasteiger partial charge in [-0.1, -0.05) is 17.7 Å². The third kappa shape index (κ3) is 2.82. The van der Waals surface area contributed by atoms with Crippen LogP contribution in [0, 0.1) is 10.1 Å². The number of benzene rings is 1. The first-order valence-corrected chi connectivity index (χ1v) is 5.43. The first-order chi connectivity index (χ1) is 8.16. The monoisotopic (exact) mass is 251 g/mol. The van der Waals surface area contributed by atoms with Gasteiger partial charge in [0.2, 0.25) is 0 Å². The Morgan fingerprint density at radius 2 is 2.29 bits per heavy atom. The predicted octanol–water partition coefficient (Wildman–Crippen LogP) is 2.69. The largest absolute Gasteiger partial charge is 0.337 e. The van der Waals surface area contributed by atoms with Crippen LogP contribution in [0.4, 0.5) is 5.69 Å². The van der Waals surface area contributed by atoms with Gasteiger partial charge in [-0.3, -0.25) is 10.1 Å². The van der Waals surface area contributed by atoms with E-state index in [0.717, 1.165) is 12.1 Å². The van der Waals surface area contributed by atoms with Crippen LogP contribution in [0.15, 0.2) is 36.9 Å². The van der Waals surface area contributed by atoms with Gasteiger partial charge in [0.05, 0.1) is 11.3 Å². The molecule has 0 spiro atoms. The summed E-state index contributed by atoms with van der Waals surface area (Å²) in [6.07, 6.45) is 5.97. The number of nitro groups is 1. The average molecular weight is 252 g/mol. The summed E-state index contributed by atoms with van der Waals surface area (Å²) >= 11 is 5.73. The van der Waals surface area contributed by atoms with Gasteiger partial charge in [0.15, 0.2) is 0 Å². The summed E-state index contributed by atoms with van der Waals surface area (Å²) in [4.78, 5) is 14.2. The van der Waals surface area contributed by atoms with Crippen LogP contribution in [0.25, 0.3) is 0 Å². The fourth-order valence-corrected chi connectivity index (χ4v) is 1.72. The molecule has 0 saturated carbocycles. The molecule has 6 heteroatoms. The number of aryl methyl sites for hydroxylation is 2. The van der Waals surface area contributed by atoms with Gasteiger partial charge >= 0.3 is 0 Å². The van der Waals surface area contributed by atoms with Crippen LogP contribution in [0.5, 0.6) is 0 Å². The molecule has 0 fully saturated rings. The quantitative estimate of drug-likeness (QED) is 0.620. The molecular weight excluding hydrogens is 242 g/mol. The molecule has 0 aliphatic carbocycles. The van der Waals surface area contributed by atoms with E-state index in [2.05, 4.69) is 4.98 Å². The van der Waals surface area contributed by atoms with E-state index in [1.807, 2.05) is 10.8 Å². The Bertz CT molecular complexity index is 526. The Hall–Kier alpha value is -1.88. The van der Waals surface area contributed by atoms with Gasteiger partial charge in [0.25, 0.3) is 5.69 Å². The number of hydrogen-bond acceptors (Lipinski definition) is 3. The molecule has 1 heterocycles. The van der Waals surface area contributed by atoms with Crippen LogP contribution < -0.4 is 0 Å². The van der Waals surface area contributed by atoms with Gasteiger partial charge in [-0.05, 0) is 18.1 Å². The number of halogens is 1. The highest BCUT2D eigenvalue weighted by Gasteiger charge is 2.12. The van der Waals surface area contributed by atoms with Gasteiger partial charge in [0.1, 0.15) is 5.02 Å². The molecule has 17 heavy (non-hydrogen) atoms. The van der Waals surface area contributed by atoms with E-state index in [4.69, 9.17) is 11.6 Å². The van der Waals surface area contributed by atoms with Crippen LogP contribution in [0.3, 0.4) is 0 Å². The lowest BCUT2D eigenvalue weighted by Crippen LogP contribution is -1.99. The molecule has 0 saturated heterocycles. The van der Waals surface area contributed by atoms with Crippen molar-refractivity contribution in [2.75, 3.05) is 0 Å². The summed E-state index contributed by atoms with van der Waals surface area (Å²) in [5.74, 6) is 0. The molecule has 5 nitrogen and oxygen atoms in total. The van der Waals surface area contributed by atoms with Crippen molar-refractivity contribution in [2.24, 2.45) is 0 Å². The number of hydrogen-bond donors (Lipinski definition) is 0. The van der Waals surface area contributed by atoms with Gasteiger partial charge in [-0.25, -0.2) is 4.98 Å². The van der Waals surface area contributed by atoms with E-state index in [0.29, 0.717) is 6.42 Å². The third-order valence-corrected chi connectivity index (χ3v) is 2.74. The Labute approximate surface area is 103 Å². The van der Waals surface area contributed by atoms with Crippen molar-refractivity contribution in [2.45, 2.75) is 13.0 Å². The van der Waals surface area contributed by atoms with Crippen molar-refractivity contribution >= 4 is 17.3 Å². The molecule has 1 aromatic carbocycles. The van der Waals surface area contributed by atoms with E-state index in [9.17, 15) is 10.1 Å². The van der Waals surface area contributed by atoms with Crippen LogP contribution in [-0.4, -0.2) is 14.5 Å². The molecule has 2 rings (SSSR count). The number of aromatic nitrogens is 2. The normalized spacial score (nSPS) is 10.4. The SMILES string of the molecule is O=[N+]([O-])c1cc(CCn2ccnc2)ccc1Cl. The van der Waals surface area contributed by atoms with E-state index in [1.54, 1.807) is 24.7 Å². The van der Waals surface area contributed by atoms with Crippen molar-refractivity contribution in [3.63, 3.8) is 0 Å². The molecule has 1 aromatic heterocycles. The highest BCUT2D eigenvalue weighted by atomic mass is 35.5. The van der Waals surface area contributed by atoms with E-state index in [1.165, 1.54) is 6.07 Å². The lowest BCUT2D eigenvalue weighted by Gasteiger charge is -2.03. The van der Waals surface area contributed by atoms with Crippen LogP contribution >= 0.6 is 11.6 Å². The number of rotatable bonds is 4. The maximum atomic E-state index is 10.7. The van der Waals surface area contributed by atoms with Gasteiger partial charge in [-0.2, -0.15) is 0 Å². The zero-order chi connectivity index (χ0) is 12.3. The van der Waals surface area contributed by atoms with E-state index >= 15 is 0 Å². The van der Waals surface area contributed by atoms with Gasteiger partial charge in [0, 0.05) is 25.0 Å². The fourth-order valence-electron chi connectivity index (χ4n) is 1.53. The molecule has 0 amide bonds. The molecule has 0 unspecified atom stereocenters. The summed E-state index contributed by atoms with van der Waals surface area (Å²) in [5.41, 5.74) is 0.838. The van der Waals surface area contributed by atoms with E-state index < -0.39 is 4.92 Å². The molecule has 0 bridgehead atoms. The van der Waals surface area contributed by atoms with Crippen molar-refractivity contribution in [3.05, 3.63) is 57.6 Å². The smallest absolute Gasteiger partial charge is 0.288 e. The maximum Gasteiger partial charge on any atom is 0.288 e. The average Bonchev–Trinajstić information content (AvgIpc) is 2.80. The second-order valence-corrected chi connectivity index (χ2v) is 4.00. The second kappa shape index (κ2) is 4.97. The summed E-state index contributed by atoms with van der Waals surface area (Å²) < 4.78 is 1.92. The molecule has 88 valence electrons. The van der Waals surface area contributed by atoms with Gasteiger partial charge in [-0.15, -0.1) is 0 Å². The molecule has 0 radical (unpaired) electrons. The Morgan fingerprint density at radius 3 is 2.94 bits per heavy atom. The Morgan fingerprint density at radius 1 is 1.47 bits per heavy atom. The highest BCUT2D eigenvalue weighted by molar-refractivity contribution is 6.32. The lowest BCUT2D eigenvalue weighted by molar-refractivity contribution is -0.384. The summed E-state index contributed by atoms with van der Waals surface area (Å²) in [7, 11) is 0. The first kappa shape index (κ1) is 11.6. The predicted molar refractivity (Wildman–Crippen MR) is 64.0 cm³/mol. The minimum atomic E-state index is -0.469. The number of nitro benzene ring substituents is 1. The Kier molecular flexibility index (Phi) is 3.39. The van der Waals surface area contributed by atoms with Crippen molar-refractivity contribution < 1.29 is 4.92 Å². The van der Waals surface area contributed by atoms with Crippen LogP contribution in [0.2, 0.25) is 5.02 Å². The minimum absolute atomic E-state index is 0.0465. The zero-order valence-corrected chi connectivity index (χ0v) is 9.67. The number of imidazole rings is 1. The Balaban J connectivity index is 2.11. The minimum Gasteiger partial charge on any atom is -0.337 e. The van der Waals surface area contributed by atoms with Crippen molar-refractivity contribution in [3.8, 4) is 0 Å². The number of nitrogens with zero attached hydrogens (tertiary/aromatic N) is 3. The van der Waals surface area contributed by atoms with Gasteiger partial charge < -0.3 is 4.57 Å². The molecule has 0 aliphatic rings. The molecule has 0 N–H and O–H groups in total. The zero-order valence-electron chi connectivity index (χ0n) is 8.91. The van der Waals surface area contributed by atoms with Crippen LogP contribution in [-0.2, 0) is 13.0 Å². The lowest BCUT2D eigenvalue weighted by atomic mass is 10.1. The highest BCUT2D eigenvalue weighted by Crippen LogP contribution is 2.25. The molecule has 0 atom stereocenters. The fraction of sp³-hybridized carbons (Fsp3) is 0.182.